The summed E-state index contributed by atoms with van der Waals surface area (Å²) in [4.78, 5) is 8.41. The van der Waals surface area contributed by atoms with Gasteiger partial charge in [-0.1, -0.05) is 24.3 Å². The topological polar surface area (TPSA) is 37.8 Å². The summed E-state index contributed by atoms with van der Waals surface area (Å²) in [6, 6.07) is 20.5. The van der Waals surface area contributed by atoms with E-state index in [0.29, 0.717) is 13.2 Å². The molecule has 5 heteroatoms. The largest absolute Gasteiger partial charge is 0.492 e. The summed E-state index contributed by atoms with van der Waals surface area (Å²) in [5.41, 5.74) is 4.39. The Morgan fingerprint density at radius 2 is 1.34 bits per heavy atom. The first-order valence-electron chi connectivity index (χ1n) is 10.9. The Bertz CT molecular complexity index is 1000. The highest BCUT2D eigenvalue weighted by Crippen LogP contribution is 2.29. The van der Waals surface area contributed by atoms with Crippen molar-refractivity contribution in [2.75, 3.05) is 54.5 Å². The highest BCUT2D eigenvalue weighted by Gasteiger charge is 2.08. The van der Waals surface area contributed by atoms with E-state index in [1.165, 1.54) is 0 Å². The third-order valence-corrected chi connectivity index (χ3v) is 4.92. The summed E-state index contributed by atoms with van der Waals surface area (Å²) < 4.78 is 11.9. The van der Waals surface area contributed by atoms with Crippen molar-refractivity contribution in [2.24, 2.45) is 0 Å². The molecule has 0 radical (unpaired) electrons. The van der Waals surface area contributed by atoms with E-state index in [1.807, 2.05) is 77.0 Å². The van der Waals surface area contributed by atoms with E-state index >= 15 is 0 Å². The Hall–Kier alpha value is -3.15. The maximum Gasteiger partial charge on any atom is 0.119 e. The van der Waals surface area contributed by atoms with Crippen molar-refractivity contribution in [3.05, 3.63) is 89.7 Å². The maximum atomic E-state index is 5.97. The minimum absolute atomic E-state index is 0.650. The van der Waals surface area contributed by atoms with Crippen LogP contribution < -0.4 is 9.47 Å². The fourth-order valence-electron chi connectivity index (χ4n) is 3.17. The van der Waals surface area contributed by atoms with Crippen LogP contribution in [0.1, 0.15) is 16.7 Å². The lowest BCUT2D eigenvalue weighted by Crippen LogP contribution is -2.19. The van der Waals surface area contributed by atoms with Crippen molar-refractivity contribution in [2.45, 2.75) is 0 Å². The summed E-state index contributed by atoms with van der Waals surface area (Å²) in [6.45, 7) is 3.06. The van der Waals surface area contributed by atoms with Crippen LogP contribution in [0.2, 0.25) is 0 Å². The molecule has 0 unspecified atom stereocenters. The molecule has 168 valence electrons. The lowest BCUT2D eigenvalue weighted by atomic mass is 9.96. The van der Waals surface area contributed by atoms with E-state index in [0.717, 1.165) is 46.9 Å². The van der Waals surface area contributed by atoms with Crippen LogP contribution >= 0.6 is 0 Å². The molecule has 0 spiro atoms. The Morgan fingerprint density at radius 1 is 0.750 bits per heavy atom. The van der Waals surface area contributed by atoms with Gasteiger partial charge in [0.05, 0.1) is 0 Å². The lowest BCUT2D eigenvalue weighted by Gasteiger charge is -2.14. The Morgan fingerprint density at radius 3 is 1.97 bits per heavy atom. The van der Waals surface area contributed by atoms with Crippen LogP contribution in [0.15, 0.2) is 73.1 Å². The van der Waals surface area contributed by atoms with Crippen molar-refractivity contribution in [1.29, 1.82) is 0 Å². The molecule has 3 rings (SSSR count). The van der Waals surface area contributed by atoms with E-state index in [2.05, 4.69) is 45.1 Å². The van der Waals surface area contributed by atoms with Gasteiger partial charge < -0.3 is 19.3 Å². The SMILES string of the molecule is CN(C)CCOc1cccc(/C=C(/c2ccncc2)c2cccc(OCCN(C)C)c2)c1. The fourth-order valence-corrected chi connectivity index (χ4v) is 3.17. The number of aromatic nitrogens is 1. The molecule has 0 fully saturated rings. The zero-order valence-corrected chi connectivity index (χ0v) is 19.5. The number of benzene rings is 2. The van der Waals surface area contributed by atoms with Gasteiger partial charge in [-0.05, 0) is 92.9 Å². The summed E-state index contributed by atoms with van der Waals surface area (Å²) in [6.07, 6.45) is 5.83. The van der Waals surface area contributed by atoms with Gasteiger partial charge in [0.15, 0.2) is 0 Å². The third kappa shape index (κ3) is 7.52. The number of pyridine rings is 1. The lowest BCUT2D eigenvalue weighted by molar-refractivity contribution is 0.261. The highest BCUT2D eigenvalue weighted by molar-refractivity contribution is 5.91. The smallest absolute Gasteiger partial charge is 0.119 e. The summed E-state index contributed by atoms with van der Waals surface area (Å²) in [5.74, 6) is 1.74. The van der Waals surface area contributed by atoms with E-state index in [9.17, 15) is 0 Å². The Kier molecular flexibility index (Phi) is 8.84. The average molecular weight is 432 g/mol. The van der Waals surface area contributed by atoms with Crippen LogP contribution in [0, 0.1) is 0 Å². The van der Waals surface area contributed by atoms with Gasteiger partial charge in [-0.2, -0.15) is 0 Å². The molecule has 0 aliphatic heterocycles. The van der Waals surface area contributed by atoms with Crippen LogP contribution in [0.5, 0.6) is 11.5 Å². The quantitative estimate of drug-likeness (QED) is 0.417. The number of hydrogen-bond donors (Lipinski definition) is 0. The van der Waals surface area contributed by atoms with E-state index in [1.54, 1.807) is 0 Å². The van der Waals surface area contributed by atoms with Gasteiger partial charge in [-0.15, -0.1) is 0 Å². The van der Waals surface area contributed by atoms with Crippen LogP contribution in [0.25, 0.3) is 11.6 Å². The maximum absolute atomic E-state index is 5.97. The first kappa shape index (κ1) is 23.5. The zero-order chi connectivity index (χ0) is 22.8. The molecule has 0 saturated carbocycles. The average Bonchev–Trinajstić information content (AvgIpc) is 2.78. The summed E-state index contributed by atoms with van der Waals surface area (Å²) >= 11 is 0. The molecule has 0 atom stereocenters. The Balaban J connectivity index is 1.89. The van der Waals surface area contributed by atoms with Crippen molar-refractivity contribution in [1.82, 2.24) is 14.8 Å². The monoisotopic (exact) mass is 431 g/mol. The molecule has 0 amide bonds. The minimum Gasteiger partial charge on any atom is -0.492 e. The standard InChI is InChI=1S/C27H33N3O2/c1-29(2)15-17-31-25-9-5-7-22(19-25)20-27(23-11-13-28-14-12-23)24-8-6-10-26(21-24)32-18-16-30(3)4/h5-14,19-21H,15-18H2,1-4H3/b27-20-. The summed E-state index contributed by atoms with van der Waals surface area (Å²) in [7, 11) is 8.18. The number of hydrogen-bond acceptors (Lipinski definition) is 5. The molecule has 0 saturated heterocycles. The second-order valence-electron chi connectivity index (χ2n) is 8.20. The van der Waals surface area contributed by atoms with Gasteiger partial charge in [0.1, 0.15) is 24.7 Å². The first-order chi connectivity index (χ1) is 15.5. The molecule has 0 aliphatic rings. The van der Waals surface area contributed by atoms with Crippen molar-refractivity contribution >= 4 is 11.6 Å². The number of rotatable bonds is 11. The number of likely N-dealkylation sites (N-methyl/N-ethyl adjacent to an activating group) is 2. The van der Waals surface area contributed by atoms with Crippen molar-refractivity contribution < 1.29 is 9.47 Å². The predicted octanol–water partition coefficient (Wildman–Crippen LogP) is 4.55. The molecule has 1 aromatic heterocycles. The molecule has 5 nitrogen and oxygen atoms in total. The second kappa shape index (κ2) is 12.0. The van der Waals surface area contributed by atoms with Crippen LogP contribution in [-0.2, 0) is 0 Å². The number of nitrogens with zero attached hydrogens (tertiary/aromatic N) is 3. The van der Waals surface area contributed by atoms with Crippen LogP contribution in [0.3, 0.4) is 0 Å². The second-order valence-corrected chi connectivity index (χ2v) is 8.20. The van der Waals surface area contributed by atoms with Gasteiger partial charge in [-0.25, -0.2) is 0 Å². The van der Waals surface area contributed by atoms with Gasteiger partial charge in [0.25, 0.3) is 0 Å². The molecule has 3 aromatic rings. The van der Waals surface area contributed by atoms with Gasteiger partial charge in [0.2, 0.25) is 0 Å². The molecule has 1 heterocycles. The van der Waals surface area contributed by atoms with E-state index in [-0.39, 0.29) is 0 Å². The van der Waals surface area contributed by atoms with Gasteiger partial charge >= 0.3 is 0 Å². The van der Waals surface area contributed by atoms with Gasteiger partial charge in [-0.3, -0.25) is 4.98 Å². The molecule has 0 aliphatic carbocycles. The van der Waals surface area contributed by atoms with E-state index < -0.39 is 0 Å². The van der Waals surface area contributed by atoms with Crippen molar-refractivity contribution in [3.8, 4) is 11.5 Å². The number of ether oxygens (including phenoxy) is 2. The molecule has 0 N–H and O–H groups in total. The van der Waals surface area contributed by atoms with Crippen LogP contribution in [-0.4, -0.2) is 69.3 Å². The fraction of sp³-hybridized carbons (Fsp3) is 0.296. The van der Waals surface area contributed by atoms with E-state index in [4.69, 9.17) is 9.47 Å². The molecular formula is C27H33N3O2. The third-order valence-electron chi connectivity index (χ3n) is 4.92. The molecule has 0 bridgehead atoms. The molecular weight excluding hydrogens is 398 g/mol. The molecule has 2 aromatic carbocycles. The Labute approximate surface area is 191 Å². The van der Waals surface area contributed by atoms with Gasteiger partial charge in [0, 0.05) is 25.5 Å². The predicted molar refractivity (Wildman–Crippen MR) is 132 cm³/mol. The minimum atomic E-state index is 0.650. The normalized spacial score (nSPS) is 11.8. The zero-order valence-electron chi connectivity index (χ0n) is 19.5. The van der Waals surface area contributed by atoms with Crippen LogP contribution in [0.4, 0.5) is 0 Å². The van der Waals surface area contributed by atoms with Crippen molar-refractivity contribution in [3.63, 3.8) is 0 Å². The summed E-state index contributed by atoms with van der Waals surface area (Å²) in [5, 5.41) is 0. The highest BCUT2D eigenvalue weighted by atomic mass is 16.5. The first-order valence-corrected chi connectivity index (χ1v) is 10.9. The molecule has 32 heavy (non-hydrogen) atoms.